The van der Waals surface area contributed by atoms with Crippen molar-refractivity contribution in [1.82, 2.24) is 4.90 Å². The molecule has 2 rings (SSSR count). The van der Waals surface area contributed by atoms with E-state index in [0.29, 0.717) is 16.9 Å². The van der Waals surface area contributed by atoms with Crippen LogP contribution in [0.1, 0.15) is 26.7 Å². The van der Waals surface area contributed by atoms with Crippen LogP contribution in [-0.4, -0.2) is 37.9 Å². The number of likely N-dealkylation sites (tertiary alicyclic amines) is 1. The molecule has 1 spiro atoms. The standard InChI is InChI=1S/C11H19NO2S/c1-3-10(2)12-8-11(9-12)4-6-15(13,14)7-5-11/h3H,4-9H2,1-2H3. The highest BCUT2D eigenvalue weighted by Gasteiger charge is 2.46. The normalized spacial score (nSPS) is 28.9. The van der Waals surface area contributed by atoms with Crippen LogP contribution < -0.4 is 0 Å². The smallest absolute Gasteiger partial charge is 0.150 e. The number of allylic oxidation sites excluding steroid dienone is 2. The average molecular weight is 229 g/mol. The highest BCUT2D eigenvalue weighted by molar-refractivity contribution is 7.91. The van der Waals surface area contributed by atoms with E-state index in [1.165, 1.54) is 5.70 Å². The lowest BCUT2D eigenvalue weighted by Gasteiger charge is -2.53. The topological polar surface area (TPSA) is 37.4 Å². The van der Waals surface area contributed by atoms with Gasteiger partial charge in [0, 0.05) is 24.2 Å². The largest absolute Gasteiger partial charge is 0.374 e. The Labute approximate surface area is 92.1 Å². The molecule has 0 aliphatic carbocycles. The Hall–Kier alpha value is -0.510. The first-order valence-corrected chi connectivity index (χ1v) is 7.37. The molecule has 2 aliphatic rings. The summed E-state index contributed by atoms with van der Waals surface area (Å²) in [5.74, 6) is 0.797. The van der Waals surface area contributed by atoms with E-state index < -0.39 is 9.84 Å². The quantitative estimate of drug-likeness (QED) is 0.682. The summed E-state index contributed by atoms with van der Waals surface area (Å²) in [6.45, 7) is 6.27. The van der Waals surface area contributed by atoms with Crippen LogP contribution in [0.25, 0.3) is 0 Å². The molecule has 0 radical (unpaired) electrons. The molecule has 0 aromatic heterocycles. The Morgan fingerprint density at radius 3 is 2.27 bits per heavy atom. The Balaban J connectivity index is 1.94. The molecular formula is C11H19NO2S. The van der Waals surface area contributed by atoms with Gasteiger partial charge in [-0.1, -0.05) is 6.08 Å². The van der Waals surface area contributed by atoms with Crippen LogP contribution in [0.5, 0.6) is 0 Å². The molecule has 2 fully saturated rings. The summed E-state index contributed by atoms with van der Waals surface area (Å²) >= 11 is 0. The molecule has 2 saturated heterocycles. The van der Waals surface area contributed by atoms with Gasteiger partial charge in [-0.05, 0) is 26.7 Å². The molecule has 86 valence electrons. The van der Waals surface area contributed by atoms with Crippen LogP contribution in [0.3, 0.4) is 0 Å². The van der Waals surface area contributed by atoms with Crippen LogP contribution in [0, 0.1) is 5.41 Å². The fourth-order valence-electron chi connectivity index (χ4n) is 2.48. The van der Waals surface area contributed by atoms with Crippen LogP contribution in [-0.2, 0) is 9.84 Å². The van der Waals surface area contributed by atoms with Gasteiger partial charge >= 0.3 is 0 Å². The fraction of sp³-hybridized carbons (Fsp3) is 0.818. The van der Waals surface area contributed by atoms with Gasteiger partial charge in [0.25, 0.3) is 0 Å². The highest BCUT2D eigenvalue weighted by Crippen LogP contribution is 2.42. The molecule has 15 heavy (non-hydrogen) atoms. The maximum atomic E-state index is 11.3. The van der Waals surface area contributed by atoms with Crippen molar-refractivity contribution in [3.05, 3.63) is 11.8 Å². The molecule has 0 bridgehead atoms. The van der Waals surface area contributed by atoms with Gasteiger partial charge in [0.1, 0.15) is 9.84 Å². The molecular weight excluding hydrogens is 210 g/mol. The van der Waals surface area contributed by atoms with Crippen molar-refractivity contribution in [2.45, 2.75) is 26.7 Å². The van der Waals surface area contributed by atoms with E-state index in [1.807, 2.05) is 6.92 Å². The molecule has 0 aromatic carbocycles. The Morgan fingerprint density at radius 2 is 1.80 bits per heavy atom. The van der Waals surface area contributed by atoms with Gasteiger partial charge < -0.3 is 4.90 Å². The number of hydrogen-bond acceptors (Lipinski definition) is 3. The molecule has 0 atom stereocenters. The zero-order valence-corrected chi connectivity index (χ0v) is 10.3. The Morgan fingerprint density at radius 1 is 1.27 bits per heavy atom. The first-order chi connectivity index (χ1) is 6.96. The van der Waals surface area contributed by atoms with Gasteiger partial charge in [0.2, 0.25) is 0 Å². The third-order valence-corrected chi connectivity index (χ3v) is 5.51. The van der Waals surface area contributed by atoms with E-state index in [1.54, 1.807) is 0 Å². The number of rotatable bonds is 1. The monoisotopic (exact) mass is 229 g/mol. The summed E-state index contributed by atoms with van der Waals surface area (Å²) in [4.78, 5) is 2.35. The first kappa shape index (κ1) is 11.0. The number of sulfone groups is 1. The molecule has 0 amide bonds. The van der Waals surface area contributed by atoms with E-state index in [-0.39, 0.29) is 0 Å². The number of hydrogen-bond donors (Lipinski definition) is 0. The van der Waals surface area contributed by atoms with Gasteiger partial charge in [-0.2, -0.15) is 0 Å². The Kier molecular flexibility index (Phi) is 2.57. The van der Waals surface area contributed by atoms with Crippen LogP contribution in [0.15, 0.2) is 11.8 Å². The van der Waals surface area contributed by atoms with Crippen molar-refractivity contribution >= 4 is 9.84 Å². The SMILES string of the molecule is CC=C(C)N1CC2(CCS(=O)(=O)CC2)C1. The van der Waals surface area contributed by atoms with E-state index in [9.17, 15) is 8.42 Å². The number of nitrogens with zero attached hydrogens (tertiary/aromatic N) is 1. The molecule has 2 aliphatic heterocycles. The second kappa shape index (κ2) is 3.51. The molecule has 4 heteroatoms. The maximum Gasteiger partial charge on any atom is 0.150 e. The van der Waals surface area contributed by atoms with E-state index >= 15 is 0 Å². The molecule has 0 saturated carbocycles. The second-order valence-corrected chi connectivity index (χ2v) is 7.24. The molecule has 0 aromatic rings. The van der Waals surface area contributed by atoms with Crippen molar-refractivity contribution in [3.8, 4) is 0 Å². The van der Waals surface area contributed by atoms with Crippen LogP contribution >= 0.6 is 0 Å². The van der Waals surface area contributed by atoms with E-state index in [4.69, 9.17) is 0 Å². The fourth-order valence-corrected chi connectivity index (χ4v) is 4.17. The zero-order valence-electron chi connectivity index (χ0n) is 9.49. The summed E-state index contributed by atoms with van der Waals surface area (Å²) in [7, 11) is -2.71. The summed E-state index contributed by atoms with van der Waals surface area (Å²) in [5.41, 5.74) is 1.63. The van der Waals surface area contributed by atoms with E-state index in [0.717, 1.165) is 25.9 Å². The maximum absolute atomic E-state index is 11.3. The van der Waals surface area contributed by atoms with Gasteiger partial charge in [0.15, 0.2) is 0 Å². The molecule has 0 N–H and O–H groups in total. The third-order valence-electron chi connectivity index (χ3n) is 3.86. The second-order valence-electron chi connectivity index (χ2n) is 4.94. The van der Waals surface area contributed by atoms with Crippen molar-refractivity contribution < 1.29 is 8.42 Å². The molecule has 2 heterocycles. The van der Waals surface area contributed by atoms with Gasteiger partial charge in [-0.15, -0.1) is 0 Å². The predicted molar refractivity (Wildman–Crippen MR) is 61.3 cm³/mol. The lowest BCUT2D eigenvalue weighted by atomic mass is 9.74. The minimum atomic E-state index is -2.71. The molecule has 3 nitrogen and oxygen atoms in total. The summed E-state index contributed by atoms with van der Waals surface area (Å²) < 4.78 is 22.6. The minimum Gasteiger partial charge on any atom is -0.374 e. The Bertz CT molecular complexity index is 361. The third kappa shape index (κ3) is 2.05. The molecule has 0 unspecified atom stereocenters. The average Bonchev–Trinajstić information content (AvgIpc) is 2.14. The first-order valence-electron chi connectivity index (χ1n) is 5.55. The van der Waals surface area contributed by atoms with Gasteiger partial charge in [0.05, 0.1) is 11.5 Å². The van der Waals surface area contributed by atoms with Crippen molar-refractivity contribution in [2.75, 3.05) is 24.6 Å². The minimum absolute atomic E-state index is 0.315. The van der Waals surface area contributed by atoms with Crippen LogP contribution in [0.2, 0.25) is 0 Å². The lowest BCUT2D eigenvalue weighted by molar-refractivity contribution is 0.0201. The predicted octanol–water partition coefficient (Wildman–Crippen LogP) is 1.42. The van der Waals surface area contributed by atoms with E-state index in [2.05, 4.69) is 17.9 Å². The summed E-state index contributed by atoms with van der Waals surface area (Å²) in [5, 5.41) is 0. The summed E-state index contributed by atoms with van der Waals surface area (Å²) in [6, 6.07) is 0. The van der Waals surface area contributed by atoms with Gasteiger partial charge in [-0.25, -0.2) is 8.42 Å². The van der Waals surface area contributed by atoms with Crippen molar-refractivity contribution in [3.63, 3.8) is 0 Å². The lowest BCUT2D eigenvalue weighted by Crippen LogP contribution is -2.58. The van der Waals surface area contributed by atoms with Crippen molar-refractivity contribution in [2.24, 2.45) is 5.41 Å². The highest BCUT2D eigenvalue weighted by atomic mass is 32.2. The van der Waals surface area contributed by atoms with Crippen molar-refractivity contribution in [1.29, 1.82) is 0 Å². The van der Waals surface area contributed by atoms with Gasteiger partial charge in [-0.3, -0.25) is 0 Å². The zero-order chi connectivity index (χ0) is 11.1. The summed E-state index contributed by atoms with van der Waals surface area (Å²) in [6.07, 6.45) is 3.85. The van der Waals surface area contributed by atoms with Crippen LogP contribution in [0.4, 0.5) is 0 Å².